The van der Waals surface area contributed by atoms with E-state index in [1.165, 1.54) is 0 Å². The molecule has 0 unspecified atom stereocenters. The highest BCUT2D eigenvalue weighted by molar-refractivity contribution is 6.32. The fourth-order valence-corrected chi connectivity index (χ4v) is 2.79. The number of aryl methyl sites for hydroxylation is 2. The molecule has 21 heavy (non-hydrogen) atoms. The number of nitrogens with two attached hydrogens (primary N) is 1. The maximum atomic E-state index is 12.3. The van der Waals surface area contributed by atoms with Gasteiger partial charge in [-0.1, -0.05) is 32.4 Å². The maximum Gasteiger partial charge on any atom is 0.138 e. The lowest BCUT2D eigenvalue weighted by Crippen LogP contribution is -2.19. The number of ketones is 1. The average molecular weight is 314 g/mol. The van der Waals surface area contributed by atoms with Gasteiger partial charge in [0.15, 0.2) is 0 Å². The third-order valence-corrected chi connectivity index (χ3v) is 4.40. The smallest absolute Gasteiger partial charge is 0.138 e. The van der Waals surface area contributed by atoms with Crippen LogP contribution >= 0.6 is 11.6 Å². The fourth-order valence-electron chi connectivity index (χ4n) is 2.45. The van der Waals surface area contributed by atoms with E-state index in [4.69, 9.17) is 17.3 Å². The summed E-state index contributed by atoms with van der Waals surface area (Å²) >= 11 is 6.34. The molecule has 1 rings (SSSR count). The van der Waals surface area contributed by atoms with Crippen LogP contribution in [0.15, 0.2) is 0 Å². The van der Waals surface area contributed by atoms with Gasteiger partial charge < -0.3 is 5.73 Å². The minimum Gasteiger partial charge on any atom is -0.330 e. The van der Waals surface area contributed by atoms with Gasteiger partial charge in [-0.3, -0.25) is 9.48 Å². The van der Waals surface area contributed by atoms with Crippen molar-refractivity contribution >= 4 is 17.4 Å². The Hall–Kier alpha value is -0.870. The molecule has 0 bridgehead atoms. The van der Waals surface area contributed by atoms with E-state index in [9.17, 15) is 4.79 Å². The Morgan fingerprint density at radius 1 is 1.33 bits per heavy atom. The second-order valence-corrected chi connectivity index (χ2v) is 6.67. The molecule has 1 aromatic heterocycles. The number of carbonyl (C=O) groups is 1. The quantitative estimate of drug-likeness (QED) is 0.760. The maximum absolute atomic E-state index is 12.3. The largest absolute Gasteiger partial charge is 0.330 e. The van der Waals surface area contributed by atoms with Crippen LogP contribution in [0, 0.1) is 5.41 Å². The van der Waals surface area contributed by atoms with Crippen LogP contribution in [0.1, 0.15) is 58.3 Å². The van der Waals surface area contributed by atoms with Crippen molar-refractivity contribution in [1.29, 1.82) is 0 Å². The first-order chi connectivity index (χ1) is 9.84. The SMILES string of the molecule is CCc1nn(CC)c(CC(=O)CCC(C)(C)CCN)c1Cl. The molecule has 0 saturated heterocycles. The summed E-state index contributed by atoms with van der Waals surface area (Å²) in [6.45, 7) is 9.75. The lowest BCUT2D eigenvalue weighted by Gasteiger charge is -2.23. The van der Waals surface area contributed by atoms with Crippen molar-refractivity contribution < 1.29 is 4.79 Å². The van der Waals surface area contributed by atoms with Crippen LogP contribution in [-0.2, 0) is 24.2 Å². The molecule has 4 nitrogen and oxygen atoms in total. The van der Waals surface area contributed by atoms with E-state index in [1.807, 2.05) is 18.5 Å². The molecule has 0 aliphatic heterocycles. The molecule has 0 fully saturated rings. The van der Waals surface area contributed by atoms with Gasteiger partial charge in [0.05, 0.1) is 16.4 Å². The first kappa shape index (κ1) is 18.2. The van der Waals surface area contributed by atoms with E-state index in [2.05, 4.69) is 18.9 Å². The van der Waals surface area contributed by atoms with E-state index < -0.39 is 0 Å². The second kappa shape index (κ2) is 7.95. The molecule has 120 valence electrons. The summed E-state index contributed by atoms with van der Waals surface area (Å²) in [5.74, 6) is 0.222. The van der Waals surface area contributed by atoms with Gasteiger partial charge in [-0.25, -0.2) is 0 Å². The van der Waals surface area contributed by atoms with Gasteiger partial charge in [0.1, 0.15) is 5.78 Å². The molecule has 0 aliphatic rings. The van der Waals surface area contributed by atoms with E-state index in [0.29, 0.717) is 24.4 Å². The van der Waals surface area contributed by atoms with Crippen LogP contribution in [0.2, 0.25) is 5.02 Å². The second-order valence-electron chi connectivity index (χ2n) is 6.30. The molecule has 0 aromatic carbocycles. The molecule has 0 radical (unpaired) electrons. The Balaban J connectivity index is 2.69. The summed E-state index contributed by atoms with van der Waals surface area (Å²) in [7, 11) is 0. The number of Topliss-reactive ketones (excluding diaryl/α,β-unsaturated/α-hetero) is 1. The summed E-state index contributed by atoms with van der Waals surface area (Å²) in [6, 6.07) is 0. The third kappa shape index (κ3) is 5.11. The minimum atomic E-state index is 0.119. The molecule has 0 atom stereocenters. The minimum absolute atomic E-state index is 0.119. The van der Waals surface area contributed by atoms with Gasteiger partial charge in [-0.15, -0.1) is 0 Å². The zero-order valence-corrected chi connectivity index (χ0v) is 14.5. The number of halogens is 1. The number of hydrogen-bond acceptors (Lipinski definition) is 3. The van der Waals surface area contributed by atoms with Crippen LogP contribution in [-0.4, -0.2) is 22.1 Å². The highest BCUT2D eigenvalue weighted by Gasteiger charge is 2.21. The van der Waals surface area contributed by atoms with Crippen molar-refractivity contribution in [2.24, 2.45) is 11.1 Å². The summed E-state index contributed by atoms with van der Waals surface area (Å²) < 4.78 is 1.85. The molecule has 2 N–H and O–H groups in total. The zero-order valence-electron chi connectivity index (χ0n) is 13.7. The first-order valence-corrected chi connectivity index (χ1v) is 8.18. The fraction of sp³-hybridized carbons (Fsp3) is 0.750. The van der Waals surface area contributed by atoms with Crippen molar-refractivity contribution in [2.45, 2.75) is 66.3 Å². The van der Waals surface area contributed by atoms with Gasteiger partial charge in [0, 0.05) is 19.4 Å². The summed E-state index contributed by atoms with van der Waals surface area (Å²) in [5, 5.41) is 5.12. The van der Waals surface area contributed by atoms with E-state index >= 15 is 0 Å². The molecule has 0 amide bonds. The van der Waals surface area contributed by atoms with Crippen molar-refractivity contribution in [3.05, 3.63) is 16.4 Å². The topological polar surface area (TPSA) is 60.9 Å². The average Bonchev–Trinajstić information content (AvgIpc) is 2.73. The van der Waals surface area contributed by atoms with Gasteiger partial charge in [-0.05, 0) is 38.1 Å². The Labute approximate surface area is 133 Å². The predicted octanol–water partition coefficient (Wildman–Crippen LogP) is 3.39. The van der Waals surface area contributed by atoms with E-state index in [-0.39, 0.29) is 11.2 Å². The highest BCUT2D eigenvalue weighted by Crippen LogP contribution is 2.27. The zero-order chi connectivity index (χ0) is 16.0. The van der Waals surface area contributed by atoms with Crippen LogP contribution in [0.4, 0.5) is 0 Å². The van der Waals surface area contributed by atoms with Crippen LogP contribution in [0.5, 0.6) is 0 Å². The monoisotopic (exact) mass is 313 g/mol. The Morgan fingerprint density at radius 2 is 2.00 bits per heavy atom. The lowest BCUT2D eigenvalue weighted by atomic mass is 9.83. The molecule has 0 spiro atoms. The third-order valence-electron chi connectivity index (χ3n) is 3.96. The Morgan fingerprint density at radius 3 is 2.52 bits per heavy atom. The normalized spacial score (nSPS) is 11.9. The van der Waals surface area contributed by atoms with E-state index in [0.717, 1.165) is 37.2 Å². The van der Waals surface area contributed by atoms with Crippen molar-refractivity contribution in [3.8, 4) is 0 Å². The van der Waals surface area contributed by atoms with Gasteiger partial charge in [0.2, 0.25) is 0 Å². The highest BCUT2D eigenvalue weighted by atomic mass is 35.5. The number of nitrogens with zero attached hydrogens (tertiary/aromatic N) is 2. The molecule has 5 heteroatoms. The standard InChI is InChI=1S/C16H28ClN3O/c1-5-13-15(17)14(20(6-2)19-13)11-12(21)7-8-16(3,4)9-10-18/h5-11,18H2,1-4H3. The summed E-state index contributed by atoms with van der Waals surface area (Å²) in [6.07, 6.45) is 3.53. The molecule has 0 saturated carbocycles. The van der Waals surface area contributed by atoms with Crippen molar-refractivity contribution in [3.63, 3.8) is 0 Å². The predicted molar refractivity (Wildman–Crippen MR) is 87.7 cm³/mol. The van der Waals surface area contributed by atoms with Gasteiger partial charge in [-0.2, -0.15) is 5.10 Å². The van der Waals surface area contributed by atoms with Crippen LogP contribution < -0.4 is 5.73 Å². The van der Waals surface area contributed by atoms with Crippen molar-refractivity contribution in [2.75, 3.05) is 6.54 Å². The van der Waals surface area contributed by atoms with Crippen molar-refractivity contribution in [1.82, 2.24) is 9.78 Å². The molecular weight excluding hydrogens is 286 g/mol. The number of hydrogen-bond donors (Lipinski definition) is 1. The number of aromatic nitrogens is 2. The van der Waals surface area contributed by atoms with Crippen LogP contribution in [0.3, 0.4) is 0 Å². The van der Waals surface area contributed by atoms with Gasteiger partial charge in [0.25, 0.3) is 0 Å². The lowest BCUT2D eigenvalue weighted by molar-refractivity contribution is -0.119. The summed E-state index contributed by atoms with van der Waals surface area (Å²) in [4.78, 5) is 12.3. The molecule has 1 aromatic rings. The van der Waals surface area contributed by atoms with Crippen LogP contribution in [0.25, 0.3) is 0 Å². The van der Waals surface area contributed by atoms with E-state index in [1.54, 1.807) is 0 Å². The Kier molecular flexibility index (Phi) is 6.88. The molecule has 0 aliphatic carbocycles. The molecule has 1 heterocycles. The summed E-state index contributed by atoms with van der Waals surface area (Å²) in [5.41, 5.74) is 7.46. The molecular formula is C16H28ClN3O. The Bertz CT molecular complexity index is 480. The first-order valence-electron chi connectivity index (χ1n) is 7.80. The number of rotatable bonds is 9. The van der Waals surface area contributed by atoms with Gasteiger partial charge >= 0.3 is 0 Å². The number of carbonyl (C=O) groups excluding carboxylic acids is 1.